The quantitative estimate of drug-likeness (QED) is 0.408. The molecule has 0 spiro atoms. The van der Waals surface area contributed by atoms with Crippen molar-refractivity contribution in [2.45, 2.75) is 58.2 Å². The number of ether oxygens (including phenoxy) is 3. The fourth-order valence-electron chi connectivity index (χ4n) is 2.31. The standard InChI is InChI=1S/C16H24O6/c1-3-7-15(21-14(18)11-10-13(17)20-2)22-16(19)12-8-5-4-6-9-12/h10-12,15H,3-9H2,1-2H3/b11-10+. The highest BCUT2D eigenvalue weighted by molar-refractivity contribution is 5.91. The van der Waals surface area contributed by atoms with Crippen molar-refractivity contribution < 1.29 is 28.6 Å². The lowest BCUT2D eigenvalue weighted by atomic mass is 9.89. The van der Waals surface area contributed by atoms with Crippen LogP contribution in [0.2, 0.25) is 0 Å². The van der Waals surface area contributed by atoms with Crippen LogP contribution in [0.4, 0.5) is 0 Å². The van der Waals surface area contributed by atoms with Gasteiger partial charge in [-0.1, -0.05) is 26.2 Å². The summed E-state index contributed by atoms with van der Waals surface area (Å²) in [6.07, 6.45) is 7.01. The van der Waals surface area contributed by atoms with Crippen LogP contribution in [0.1, 0.15) is 51.9 Å². The highest BCUT2D eigenvalue weighted by Gasteiger charge is 2.26. The molecule has 0 heterocycles. The normalized spacial score (nSPS) is 17.0. The lowest BCUT2D eigenvalue weighted by Crippen LogP contribution is -2.29. The van der Waals surface area contributed by atoms with Crippen LogP contribution < -0.4 is 0 Å². The van der Waals surface area contributed by atoms with Crippen LogP contribution in [0.5, 0.6) is 0 Å². The van der Waals surface area contributed by atoms with E-state index in [1.807, 2.05) is 6.92 Å². The molecule has 0 aromatic rings. The first-order valence-electron chi connectivity index (χ1n) is 7.74. The topological polar surface area (TPSA) is 78.9 Å². The second-order valence-corrected chi connectivity index (χ2v) is 5.28. The zero-order valence-electron chi connectivity index (χ0n) is 13.2. The summed E-state index contributed by atoms with van der Waals surface area (Å²) >= 11 is 0. The van der Waals surface area contributed by atoms with Crippen LogP contribution in [-0.2, 0) is 28.6 Å². The molecule has 1 rings (SSSR count). The summed E-state index contributed by atoms with van der Waals surface area (Å²) in [6, 6.07) is 0. The molecule has 0 saturated heterocycles. The molecule has 0 radical (unpaired) electrons. The SMILES string of the molecule is CCCC(OC(=O)/C=C/C(=O)OC)OC(=O)C1CCCCC1. The van der Waals surface area contributed by atoms with Gasteiger partial charge in [0.1, 0.15) is 0 Å². The molecule has 22 heavy (non-hydrogen) atoms. The van der Waals surface area contributed by atoms with E-state index in [0.717, 1.165) is 44.3 Å². The summed E-state index contributed by atoms with van der Waals surface area (Å²) in [5.74, 6) is -1.79. The average Bonchev–Trinajstić information content (AvgIpc) is 2.53. The molecule has 1 unspecified atom stereocenters. The van der Waals surface area contributed by atoms with Gasteiger partial charge < -0.3 is 14.2 Å². The molecule has 0 bridgehead atoms. The minimum atomic E-state index is -0.908. The van der Waals surface area contributed by atoms with Crippen molar-refractivity contribution >= 4 is 17.9 Å². The second kappa shape index (κ2) is 9.97. The van der Waals surface area contributed by atoms with Crippen molar-refractivity contribution in [2.24, 2.45) is 5.92 Å². The maximum absolute atomic E-state index is 12.1. The number of carbonyl (C=O) groups excluding carboxylic acids is 3. The van der Waals surface area contributed by atoms with Crippen molar-refractivity contribution in [1.82, 2.24) is 0 Å². The third-order valence-corrected chi connectivity index (χ3v) is 3.51. The van der Waals surface area contributed by atoms with E-state index in [1.54, 1.807) is 0 Å². The van der Waals surface area contributed by atoms with Crippen molar-refractivity contribution in [3.05, 3.63) is 12.2 Å². The molecule has 0 aromatic heterocycles. The molecule has 124 valence electrons. The third-order valence-electron chi connectivity index (χ3n) is 3.51. The molecule has 0 aromatic carbocycles. The molecule has 0 N–H and O–H groups in total. The number of rotatable bonds is 7. The molecule has 1 atom stereocenters. The van der Waals surface area contributed by atoms with Gasteiger partial charge >= 0.3 is 17.9 Å². The van der Waals surface area contributed by atoms with E-state index in [4.69, 9.17) is 9.47 Å². The highest BCUT2D eigenvalue weighted by Crippen LogP contribution is 2.25. The summed E-state index contributed by atoms with van der Waals surface area (Å²) < 4.78 is 14.8. The Balaban J connectivity index is 2.49. The molecule has 1 fully saturated rings. The smallest absolute Gasteiger partial charge is 0.334 e. The Morgan fingerprint density at radius 1 is 1.05 bits per heavy atom. The fourth-order valence-corrected chi connectivity index (χ4v) is 2.31. The number of hydrogen-bond donors (Lipinski definition) is 0. The predicted molar refractivity (Wildman–Crippen MR) is 78.6 cm³/mol. The van der Waals surface area contributed by atoms with E-state index in [2.05, 4.69) is 4.74 Å². The lowest BCUT2D eigenvalue weighted by Gasteiger charge is -2.23. The molecular weight excluding hydrogens is 288 g/mol. The minimum Gasteiger partial charge on any atom is -0.466 e. The van der Waals surface area contributed by atoms with Crippen LogP contribution in [0.3, 0.4) is 0 Å². The van der Waals surface area contributed by atoms with E-state index in [9.17, 15) is 14.4 Å². The van der Waals surface area contributed by atoms with Crippen LogP contribution in [0.15, 0.2) is 12.2 Å². The molecule has 1 saturated carbocycles. The Morgan fingerprint density at radius 2 is 1.68 bits per heavy atom. The number of hydrogen-bond acceptors (Lipinski definition) is 6. The summed E-state index contributed by atoms with van der Waals surface area (Å²) in [4.78, 5) is 34.6. The Kier molecular flexibility index (Phi) is 8.25. The Morgan fingerprint density at radius 3 is 2.27 bits per heavy atom. The molecular formula is C16H24O6. The first-order valence-corrected chi connectivity index (χ1v) is 7.74. The van der Waals surface area contributed by atoms with E-state index in [1.165, 1.54) is 7.11 Å². The molecule has 0 aliphatic heterocycles. The minimum absolute atomic E-state index is 0.0996. The maximum Gasteiger partial charge on any atom is 0.334 e. The van der Waals surface area contributed by atoms with Crippen molar-refractivity contribution in [1.29, 1.82) is 0 Å². The van der Waals surface area contributed by atoms with Gasteiger partial charge in [0, 0.05) is 18.6 Å². The average molecular weight is 312 g/mol. The first-order chi connectivity index (χ1) is 10.6. The highest BCUT2D eigenvalue weighted by atomic mass is 16.7. The summed E-state index contributed by atoms with van der Waals surface area (Å²) in [6.45, 7) is 1.90. The van der Waals surface area contributed by atoms with Crippen LogP contribution in [0, 0.1) is 5.92 Å². The molecule has 1 aliphatic rings. The van der Waals surface area contributed by atoms with Crippen LogP contribution >= 0.6 is 0 Å². The largest absolute Gasteiger partial charge is 0.466 e. The number of esters is 3. The summed E-state index contributed by atoms with van der Waals surface area (Å²) in [5.41, 5.74) is 0. The first kappa shape index (κ1) is 18.2. The fraction of sp³-hybridized carbons (Fsp3) is 0.688. The summed E-state index contributed by atoms with van der Waals surface area (Å²) in [5, 5.41) is 0. The third kappa shape index (κ3) is 6.74. The molecule has 6 heteroatoms. The van der Waals surface area contributed by atoms with E-state index in [0.29, 0.717) is 12.8 Å². The van der Waals surface area contributed by atoms with E-state index in [-0.39, 0.29) is 11.9 Å². The van der Waals surface area contributed by atoms with Gasteiger partial charge in [-0.05, 0) is 19.3 Å². The van der Waals surface area contributed by atoms with Gasteiger partial charge in [-0.25, -0.2) is 9.59 Å². The zero-order valence-corrected chi connectivity index (χ0v) is 13.2. The van der Waals surface area contributed by atoms with E-state index < -0.39 is 18.2 Å². The van der Waals surface area contributed by atoms with Crippen molar-refractivity contribution in [3.63, 3.8) is 0 Å². The number of carbonyl (C=O) groups is 3. The Labute approximate surface area is 130 Å². The van der Waals surface area contributed by atoms with Crippen molar-refractivity contribution in [3.8, 4) is 0 Å². The van der Waals surface area contributed by atoms with Crippen LogP contribution in [-0.4, -0.2) is 31.3 Å². The van der Waals surface area contributed by atoms with E-state index >= 15 is 0 Å². The Hall–Kier alpha value is -1.85. The Bertz CT molecular complexity index is 409. The van der Waals surface area contributed by atoms with Gasteiger partial charge in [0.15, 0.2) is 0 Å². The second-order valence-electron chi connectivity index (χ2n) is 5.28. The van der Waals surface area contributed by atoms with Gasteiger partial charge in [-0.2, -0.15) is 0 Å². The molecule has 1 aliphatic carbocycles. The monoisotopic (exact) mass is 312 g/mol. The van der Waals surface area contributed by atoms with Gasteiger partial charge in [0.25, 0.3) is 0 Å². The van der Waals surface area contributed by atoms with Gasteiger partial charge in [0.05, 0.1) is 13.0 Å². The molecule has 6 nitrogen and oxygen atoms in total. The van der Waals surface area contributed by atoms with Gasteiger partial charge in [-0.3, -0.25) is 4.79 Å². The predicted octanol–water partition coefficient (Wildman–Crippen LogP) is 2.51. The zero-order chi connectivity index (χ0) is 16.4. The summed E-state index contributed by atoms with van der Waals surface area (Å²) in [7, 11) is 1.21. The molecule has 0 amide bonds. The maximum atomic E-state index is 12.1. The van der Waals surface area contributed by atoms with Crippen LogP contribution in [0.25, 0.3) is 0 Å². The number of methoxy groups -OCH3 is 1. The van der Waals surface area contributed by atoms with Crippen molar-refractivity contribution in [2.75, 3.05) is 7.11 Å². The van der Waals surface area contributed by atoms with Gasteiger partial charge in [-0.15, -0.1) is 0 Å². The lowest BCUT2D eigenvalue weighted by molar-refractivity contribution is -0.189. The van der Waals surface area contributed by atoms with Gasteiger partial charge in [0.2, 0.25) is 6.29 Å².